The third-order valence-corrected chi connectivity index (χ3v) is 5.47. The fraction of sp³-hybridized carbons (Fsp3) is 0.273. The number of carbonyl (C=O) groups is 1. The molecule has 1 amide bonds. The highest BCUT2D eigenvalue weighted by molar-refractivity contribution is 9.10. The molecule has 0 bridgehead atoms. The van der Waals surface area contributed by atoms with Crippen molar-refractivity contribution in [2.24, 2.45) is 0 Å². The molecule has 3 rings (SSSR count). The number of benzene rings is 2. The molecule has 0 radical (unpaired) electrons. The maximum atomic E-state index is 12.3. The Kier molecular flexibility index (Phi) is 7.86. The van der Waals surface area contributed by atoms with Gasteiger partial charge in [0, 0.05) is 30.4 Å². The van der Waals surface area contributed by atoms with Crippen molar-refractivity contribution in [3.63, 3.8) is 0 Å². The minimum absolute atomic E-state index is 0.177. The van der Waals surface area contributed by atoms with Crippen molar-refractivity contribution in [3.05, 3.63) is 62.8 Å². The van der Waals surface area contributed by atoms with Crippen LogP contribution in [0.5, 0.6) is 17.2 Å². The van der Waals surface area contributed by atoms with Gasteiger partial charge in [-0.25, -0.2) is 0 Å². The van der Waals surface area contributed by atoms with Gasteiger partial charge >= 0.3 is 0 Å². The van der Waals surface area contributed by atoms with E-state index in [1.165, 1.54) is 0 Å². The van der Waals surface area contributed by atoms with Crippen LogP contribution in [-0.2, 0) is 11.3 Å². The third kappa shape index (κ3) is 6.15. The lowest BCUT2D eigenvalue weighted by molar-refractivity contribution is -0.116. The van der Waals surface area contributed by atoms with E-state index in [1.54, 1.807) is 42.4 Å². The maximum absolute atomic E-state index is 12.3. The Morgan fingerprint density at radius 1 is 1.23 bits per heavy atom. The molecule has 6 nitrogen and oxygen atoms in total. The summed E-state index contributed by atoms with van der Waals surface area (Å²) in [6.07, 6.45) is 3.73. The number of halogens is 3. The number of anilines is 1. The summed E-state index contributed by atoms with van der Waals surface area (Å²) in [6, 6.07) is 8.76. The number of hydrogen-bond acceptors (Lipinski definition) is 4. The molecule has 0 unspecified atom stereocenters. The summed E-state index contributed by atoms with van der Waals surface area (Å²) in [4.78, 5) is 12.3. The molecule has 0 spiro atoms. The van der Waals surface area contributed by atoms with Gasteiger partial charge in [0.05, 0.1) is 27.8 Å². The van der Waals surface area contributed by atoms with E-state index >= 15 is 0 Å². The number of methoxy groups -OCH3 is 1. The third-order valence-electron chi connectivity index (χ3n) is 4.49. The normalized spacial score (nSPS) is 10.9. The largest absolute Gasteiger partial charge is 0.496 e. The second-order valence-electron chi connectivity index (χ2n) is 7.15. The Balaban J connectivity index is 1.70. The molecular formula is C22H22BrCl2N3O3. The molecule has 9 heteroatoms. The smallest absolute Gasteiger partial charge is 0.226 e. The van der Waals surface area contributed by atoms with Crippen molar-refractivity contribution < 1.29 is 14.3 Å². The molecule has 164 valence electrons. The second-order valence-corrected chi connectivity index (χ2v) is 8.88. The summed E-state index contributed by atoms with van der Waals surface area (Å²) in [6.45, 7) is 4.60. The minimum atomic E-state index is -0.177. The zero-order chi connectivity index (χ0) is 22.5. The zero-order valence-corrected chi connectivity index (χ0v) is 20.4. The number of aromatic nitrogens is 2. The number of hydrogen-bond donors (Lipinski definition) is 1. The van der Waals surface area contributed by atoms with Crippen molar-refractivity contribution in [2.75, 3.05) is 12.4 Å². The molecule has 0 atom stereocenters. The SMILES string of the molecule is COc1ccc(Oc2c(Cl)cc(NC(=O)CCn3cc(Br)cn3)cc2Cl)cc1C(C)C. The number of carbonyl (C=O) groups excluding carboxylic acids is 1. The molecule has 0 aliphatic rings. The van der Waals surface area contributed by atoms with E-state index in [-0.39, 0.29) is 18.2 Å². The van der Waals surface area contributed by atoms with Crippen LogP contribution in [0.25, 0.3) is 0 Å². The van der Waals surface area contributed by atoms with Crippen LogP contribution in [0.15, 0.2) is 47.2 Å². The van der Waals surface area contributed by atoms with Gasteiger partial charge in [0.1, 0.15) is 11.5 Å². The minimum Gasteiger partial charge on any atom is -0.496 e. The van der Waals surface area contributed by atoms with Gasteiger partial charge in [0.15, 0.2) is 5.75 Å². The Bertz CT molecular complexity index is 1060. The van der Waals surface area contributed by atoms with E-state index in [1.807, 2.05) is 12.1 Å². The molecule has 31 heavy (non-hydrogen) atoms. The van der Waals surface area contributed by atoms with Crippen LogP contribution >= 0.6 is 39.1 Å². The molecule has 1 aromatic heterocycles. The first-order valence-electron chi connectivity index (χ1n) is 9.59. The van der Waals surface area contributed by atoms with E-state index in [9.17, 15) is 4.79 Å². The quantitative estimate of drug-likeness (QED) is 0.346. The van der Waals surface area contributed by atoms with E-state index in [2.05, 4.69) is 40.2 Å². The van der Waals surface area contributed by atoms with Crippen molar-refractivity contribution in [1.82, 2.24) is 9.78 Å². The van der Waals surface area contributed by atoms with Crippen LogP contribution in [0.1, 0.15) is 31.7 Å². The van der Waals surface area contributed by atoms with E-state index < -0.39 is 0 Å². The summed E-state index contributed by atoms with van der Waals surface area (Å²) >= 11 is 16.1. The molecular weight excluding hydrogens is 505 g/mol. The molecule has 1 heterocycles. The molecule has 0 saturated heterocycles. The molecule has 1 N–H and O–H groups in total. The first kappa shape index (κ1) is 23.4. The summed E-state index contributed by atoms with van der Waals surface area (Å²) < 4.78 is 13.9. The highest BCUT2D eigenvalue weighted by Crippen LogP contribution is 2.40. The maximum Gasteiger partial charge on any atom is 0.226 e. The number of ether oxygens (including phenoxy) is 2. The molecule has 0 aliphatic carbocycles. The van der Waals surface area contributed by atoms with Gasteiger partial charge in [0.2, 0.25) is 5.91 Å². The Labute approximate surface area is 199 Å². The van der Waals surface area contributed by atoms with Gasteiger partial charge in [-0.15, -0.1) is 0 Å². The molecule has 2 aromatic carbocycles. The van der Waals surface area contributed by atoms with Crippen molar-refractivity contribution in [1.29, 1.82) is 0 Å². The van der Waals surface area contributed by atoms with Crippen LogP contribution in [-0.4, -0.2) is 22.8 Å². The van der Waals surface area contributed by atoms with E-state index in [0.29, 0.717) is 33.8 Å². The van der Waals surface area contributed by atoms with Gasteiger partial charge in [-0.2, -0.15) is 5.10 Å². The van der Waals surface area contributed by atoms with Crippen LogP contribution < -0.4 is 14.8 Å². The Morgan fingerprint density at radius 3 is 2.52 bits per heavy atom. The molecule has 0 aliphatic heterocycles. The van der Waals surface area contributed by atoms with Gasteiger partial charge in [0.25, 0.3) is 0 Å². The average Bonchev–Trinajstić information content (AvgIpc) is 3.14. The number of aryl methyl sites for hydroxylation is 1. The predicted octanol–water partition coefficient (Wildman–Crippen LogP) is 6.91. The average molecular weight is 527 g/mol. The van der Waals surface area contributed by atoms with Crippen LogP contribution in [0, 0.1) is 0 Å². The van der Waals surface area contributed by atoms with E-state index in [0.717, 1.165) is 15.8 Å². The highest BCUT2D eigenvalue weighted by Gasteiger charge is 2.15. The van der Waals surface area contributed by atoms with Crippen LogP contribution in [0.4, 0.5) is 5.69 Å². The van der Waals surface area contributed by atoms with Crippen molar-refractivity contribution in [2.45, 2.75) is 32.7 Å². The summed E-state index contributed by atoms with van der Waals surface area (Å²) in [5.74, 6) is 1.78. The topological polar surface area (TPSA) is 65.4 Å². The number of nitrogens with zero attached hydrogens (tertiary/aromatic N) is 2. The van der Waals surface area contributed by atoms with Crippen molar-refractivity contribution >= 4 is 50.7 Å². The van der Waals surface area contributed by atoms with Crippen LogP contribution in [0.3, 0.4) is 0 Å². The fourth-order valence-corrected chi connectivity index (χ4v) is 3.87. The van der Waals surface area contributed by atoms with Gasteiger partial charge in [-0.05, 0) is 52.2 Å². The lowest BCUT2D eigenvalue weighted by atomic mass is 10.0. The van der Waals surface area contributed by atoms with Crippen LogP contribution in [0.2, 0.25) is 10.0 Å². The van der Waals surface area contributed by atoms with Crippen molar-refractivity contribution in [3.8, 4) is 17.2 Å². The first-order chi connectivity index (χ1) is 14.8. The lowest BCUT2D eigenvalue weighted by Crippen LogP contribution is -2.14. The Morgan fingerprint density at radius 2 is 1.94 bits per heavy atom. The Hall–Kier alpha value is -2.22. The highest BCUT2D eigenvalue weighted by atomic mass is 79.9. The van der Waals surface area contributed by atoms with Gasteiger partial charge in [-0.3, -0.25) is 9.48 Å². The molecule has 0 fully saturated rings. The predicted molar refractivity (Wildman–Crippen MR) is 127 cm³/mol. The monoisotopic (exact) mass is 525 g/mol. The first-order valence-corrected chi connectivity index (χ1v) is 11.1. The summed E-state index contributed by atoms with van der Waals surface area (Å²) in [7, 11) is 1.64. The van der Waals surface area contributed by atoms with E-state index in [4.69, 9.17) is 32.7 Å². The zero-order valence-electron chi connectivity index (χ0n) is 17.3. The number of rotatable bonds is 8. The number of amides is 1. The second kappa shape index (κ2) is 10.4. The van der Waals surface area contributed by atoms with Gasteiger partial charge in [-0.1, -0.05) is 37.0 Å². The lowest BCUT2D eigenvalue weighted by Gasteiger charge is -2.16. The fourth-order valence-electron chi connectivity index (χ4n) is 2.97. The summed E-state index contributed by atoms with van der Waals surface area (Å²) in [5, 5.41) is 7.51. The van der Waals surface area contributed by atoms with Gasteiger partial charge < -0.3 is 14.8 Å². The standard InChI is InChI=1S/C22H22BrCl2N3O3/c1-13(2)17-10-16(4-5-20(17)30-3)31-22-18(24)8-15(9-19(22)25)27-21(29)6-7-28-12-14(23)11-26-28/h4-5,8-13H,6-7H2,1-3H3,(H,27,29). The summed E-state index contributed by atoms with van der Waals surface area (Å²) in [5.41, 5.74) is 1.51. The number of nitrogens with one attached hydrogen (secondary N) is 1. The molecule has 3 aromatic rings. The molecule has 0 saturated carbocycles.